The summed E-state index contributed by atoms with van der Waals surface area (Å²) in [6.07, 6.45) is 1.87. The molecule has 0 saturated heterocycles. The van der Waals surface area contributed by atoms with Gasteiger partial charge in [-0.05, 0) is 23.3 Å². The summed E-state index contributed by atoms with van der Waals surface area (Å²) >= 11 is 0. The van der Waals surface area contributed by atoms with E-state index < -0.39 is 51.2 Å². The van der Waals surface area contributed by atoms with Crippen molar-refractivity contribution in [3.05, 3.63) is 67.8 Å². The Morgan fingerprint density at radius 1 is 0.690 bits per heavy atom. The smallest absolute Gasteiger partial charge is 0.744 e. The first-order valence-corrected chi connectivity index (χ1v) is 9.79. The second kappa shape index (κ2) is 9.25. The van der Waals surface area contributed by atoms with E-state index in [0.29, 0.717) is 12.1 Å². The Kier molecular flexibility index (Phi) is 8.01. The molecule has 0 aliphatic heterocycles. The third kappa shape index (κ3) is 6.27. The predicted octanol–water partition coefficient (Wildman–Crippen LogP) is 1.10. The maximum absolute atomic E-state index is 11.4. The second-order valence-corrected chi connectivity index (χ2v) is 7.90. The molecule has 0 aliphatic carbocycles. The monoisotopic (exact) mass is 468 g/mol. The molecular formula is C14H8CaN2O10S2. The zero-order chi connectivity index (χ0) is 21.3. The van der Waals surface area contributed by atoms with Gasteiger partial charge in [0, 0.05) is 24.3 Å². The van der Waals surface area contributed by atoms with Gasteiger partial charge in [0.25, 0.3) is 11.4 Å². The van der Waals surface area contributed by atoms with Crippen LogP contribution in [0.4, 0.5) is 11.4 Å². The van der Waals surface area contributed by atoms with Crippen LogP contribution < -0.4 is 0 Å². The van der Waals surface area contributed by atoms with E-state index in [-0.39, 0.29) is 48.9 Å². The van der Waals surface area contributed by atoms with Crippen molar-refractivity contribution in [1.29, 1.82) is 0 Å². The molecule has 0 N–H and O–H groups in total. The largest absolute Gasteiger partial charge is 2.00 e. The molecule has 29 heavy (non-hydrogen) atoms. The van der Waals surface area contributed by atoms with E-state index in [1.807, 2.05) is 0 Å². The number of rotatable bonds is 6. The Bertz CT molecular complexity index is 1130. The van der Waals surface area contributed by atoms with Gasteiger partial charge in [-0.15, -0.1) is 0 Å². The second-order valence-electron chi connectivity index (χ2n) is 5.20. The van der Waals surface area contributed by atoms with Crippen molar-refractivity contribution >= 4 is 81.5 Å². The molecule has 0 heterocycles. The molecule has 2 rings (SSSR count). The van der Waals surface area contributed by atoms with E-state index in [4.69, 9.17) is 0 Å². The number of nitro benzene ring substituents is 2. The molecule has 148 valence electrons. The molecule has 0 unspecified atom stereocenters. The fraction of sp³-hybridized carbons (Fsp3) is 0. The molecule has 0 radical (unpaired) electrons. The molecule has 0 aliphatic rings. The van der Waals surface area contributed by atoms with Crippen LogP contribution in [-0.2, 0) is 20.2 Å². The zero-order valence-electron chi connectivity index (χ0n) is 14.1. The summed E-state index contributed by atoms with van der Waals surface area (Å²) < 4.78 is 68.1. The minimum atomic E-state index is -5.13. The SMILES string of the molecule is O=[N+]([O-])c1ccc(C=Cc2ccc([N+](=O)[O-])cc2S(=O)(=O)[O-])c(S(=O)(=O)[O-])c1.[Ca+2]. The molecule has 0 fully saturated rings. The van der Waals surface area contributed by atoms with Crippen molar-refractivity contribution in [3.63, 3.8) is 0 Å². The van der Waals surface area contributed by atoms with Crippen LogP contribution >= 0.6 is 0 Å². The Morgan fingerprint density at radius 3 is 1.24 bits per heavy atom. The summed E-state index contributed by atoms with van der Waals surface area (Å²) in [7, 11) is -10.3. The van der Waals surface area contributed by atoms with E-state index >= 15 is 0 Å². The first kappa shape index (κ1) is 25.1. The van der Waals surface area contributed by atoms with Crippen LogP contribution in [0.25, 0.3) is 12.2 Å². The molecule has 0 saturated carbocycles. The quantitative estimate of drug-likeness (QED) is 0.194. The number of hydrogen-bond acceptors (Lipinski definition) is 10. The van der Waals surface area contributed by atoms with Gasteiger partial charge < -0.3 is 9.11 Å². The van der Waals surface area contributed by atoms with Crippen LogP contribution in [-0.4, -0.2) is 73.5 Å². The zero-order valence-corrected chi connectivity index (χ0v) is 18.0. The van der Waals surface area contributed by atoms with Gasteiger partial charge in [0.05, 0.1) is 19.6 Å². The molecule has 0 spiro atoms. The minimum Gasteiger partial charge on any atom is -0.744 e. The van der Waals surface area contributed by atoms with Gasteiger partial charge in [-0.1, -0.05) is 12.2 Å². The molecule has 12 nitrogen and oxygen atoms in total. The number of hydrogen-bond donors (Lipinski definition) is 0. The van der Waals surface area contributed by atoms with Crippen LogP contribution in [0.5, 0.6) is 0 Å². The van der Waals surface area contributed by atoms with E-state index in [0.717, 1.165) is 36.4 Å². The maximum Gasteiger partial charge on any atom is 2.00 e. The van der Waals surface area contributed by atoms with Crippen molar-refractivity contribution in [2.45, 2.75) is 9.79 Å². The average Bonchev–Trinajstić information content (AvgIpc) is 2.57. The Morgan fingerprint density at radius 2 is 1.00 bits per heavy atom. The molecule has 0 aromatic heterocycles. The fourth-order valence-electron chi connectivity index (χ4n) is 2.16. The number of benzene rings is 2. The summed E-state index contributed by atoms with van der Waals surface area (Å²) in [5.74, 6) is 0. The van der Waals surface area contributed by atoms with Crippen LogP contribution in [0.3, 0.4) is 0 Å². The van der Waals surface area contributed by atoms with Crippen molar-refractivity contribution in [2.24, 2.45) is 0 Å². The normalized spacial score (nSPS) is 11.8. The predicted molar refractivity (Wildman–Crippen MR) is 96.8 cm³/mol. The summed E-state index contributed by atoms with van der Waals surface area (Å²) in [6.45, 7) is 0. The Balaban J connectivity index is 0.00000420. The third-order valence-electron chi connectivity index (χ3n) is 3.40. The van der Waals surface area contributed by atoms with Gasteiger partial charge in [-0.3, -0.25) is 20.2 Å². The third-order valence-corrected chi connectivity index (χ3v) is 5.18. The molecule has 0 atom stereocenters. The summed E-state index contributed by atoms with van der Waals surface area (Å²) in [5.41, 5.74) is -1.95. The standard InChI is InChI=1S/C14H10N2O10S2.Ca/c17-15(18)11-5-3-9(13(7-11)27(21,22)23)1-2-10-4-6-12(16(19)20)8-14(10)28(24,25)26;/h1-8H,(H,21,22,23)(H,24,25,26);/q;+2/p-2. The Labute approximate surface area is 193 Å². The Hall–Kier alpha value is -1.94. The molecule has 0 amide bonds. The van der Waals surface area contributed by atoms with Gasteiger partial charge in [0.15, 0.2) is 0 Å². The molecule has 2 aromatic carbocycles. The van der Waals surface area contributed by atoms with Crippen LogP contribution in [0, 0.1) is 20.2 Å². The van der Waals surface area contributed by atoms with E-state index in [9.17, 15) is 46.2 Å². The summed E-state index contributed by atoms with van der Waals surface area (Å²) in [4.78, 5) is 17.8. The van der Waals surface area contributed by atoms with Crippen molar-refractivity contribution in [1.82, 2.24) is 0 Å². The van der Waals surface area contributed by atoms with Gasteiger partial charge >= 0.3 is 37.7 Å². The van der Waals surface area contributed by atoms with E-state index in [1.54, 1.807) is 0 Å². The van der Waals surface area contributed by atoms with Crippen molar-refractivity contribution < 1.29 is 35.8 Å². The number of nitro groups is 2. The van der Waals surface area contributed by atoms with Crippen molar-refractivity contribution in [3.8, 4) is 0 Å². The summed E-state index contributed by atoms with van der Waals surface area (Å²) in [6, 6.07) is 4.77. The minimum absolute atomic E-state index is 0. The van der Waals surface area contributed by atoms with Gasteiger partial charge in [-0.2, -0.15) is 0 Å². The molecule has 0 bridgehead atoms. The van der Waals surface area contributed by atoms with Gasteiger partial charge in [-0.25, -0.2) is 16.8 Å². The number of nitrogens with zero attached hydrogens (tertiary/aromatic N) is 2. The van der Waals surface area contributed by atoms with Gasteiger partial charge in [0.2, 0.25) is 0 Å². The maximum atomic E-state index is 11.4. The fourth-order valence-corrected chi connectivity index (χ4v) is 3.54. The first-order chi connectivity index (χ1) is 12.8. The molecule has 15 heteroatoms. The molecular weight excluding hydrogens is 460 g/mol. The van der Waals surface area contributed by atoms with Crippen molar-refractivity contribution in [2.75, 3.05) is 0 Å². The summed E-state index contributed by atoms with van der Waals surface area (Å²) in [5, 5.41) is 21.5. The first-order valence-electron chi connectivity index (χ1n) is 6.97. The van der Waals surface area contributed by atoms with Crippen LogP contribution in [0.2, 0.25) is 0 Å². The van der Waals surface area contributed by atoms with Crippen LogP contribution in [0.1, 0.15) is 11.1 Å². The number of non-ortho nitro benzene ring substituents is 2. The topological polar surface area (TPSA) is 201 Å². The van der Waals surface area contributed by atoms with Gasteiger partial charge in [0.1, 0.15) is 20.2 Å². The van der Waals surface area contributed by atoms with Crippen LogP contribution in [0.15, 0.2) is 46.2 Å². The average molecular weight is 468 g/mol. The van der Waals surface area contributed by atoms with E-state index in [1.165, 1.54) is 0 Å². The van der Waals surface area contributed by atoms with E-state index in [2.05, 4.69) is 0 Å². The molecule has 2 aromatic rings.